The number of nitrogens with zero attached hydrogens (tertiary/aromatic N) is 2. The molecule has 2 heterocycles. The monoisotopic (exact) mass is 390 g/mol. The summed E-state index contributed by atoms with van der Waals surface area (Å²) < 4.78 is 38.7. The first-order valence-corrected chi connectivity index (χ1v) is 9.23. The maximum absolute atomic E-state index is 12.9. The molecule has 0 aromatic heterocycles. The number of anilines is 3. The predicted octanol–water partition coefficient (Wildman–Crippen LogP) is 4.92. The number of benzene rings is 2. The van der Waals surface area contributed by atoms with E-state index in [-0.39, 0.29) is 6.04 Å². The van der Waals surface area contributed by atoms with E-state index in [1.54, 1.807) is 6.92 Å². The number of piperidine rings is 1. The highest BCUT2D eigenvalue weighted by Crippen LogP contribution is 2.46. The maximum Gasteiger partial charge on any atom is 0.416 e. The van der Waals surface area contributed by atoms with Gasteiger partial charge in [0.2, 0.25) is 0 Å². The van der Waals surface area contributed by atoms with Crippen molar-refractivity contribution in [2.75, 3.05) is 22.9 Å². The van der Waals surface area contributed by atoms with Crippen molar-refractivity contribution < 1.29 is 23.1 Å². The van der Waals surface area contributed by atoms with Crippen LogP contribution >= 0.6 is 0 Å². The molecular weight excluding hydrogens is 369 g/mol. The minimum atomic E-state index is -4.37. The van der Waals surface area contributed by atoms with Crippen LogP contribution < -0.4 is 9.80 Å². The van der Waals surface area contributed by atoms with Gasteiger partial charge in [-0.1, -0.05) is 12.1 Å². The summed E-state index contributed by atoms with van der Waals surface area (Å²) in [4.78, 5) is 16.0. The number of fused-ring (bicyclic) bond motifs is 3. The van der Waals surface area contributed by atoms with Gasteiger partial charge in [-0.2, -0.15) is 13.2 Å². The summed E-state index contributed by atoms with van der Waals surface area (Å²) in [5.74, 6) is -0.799. The first kappa shape index (κ1) is 18.7. The van der Waals surface area contributed by atoms with Crippen LogP contribution in [0.25, 0.3) is 0 Å². The molecule has 2 aromatic carbocycles. The molecule has 2 aromatic rings. The Bertz CT molecular complexity index is 897. The molecule has 0 bridgehead atoms. The van der Waals surface area contributed by atoms with E-state index in [1.807, 2.05) is 29.2 Å². The molecule has 1 N–H and O–H groups in total. The van der Waals surface area contributed by atoms with E-state index >= 15 is 0 Å². The zero-order valence-corrected chi connectivity index (χ0v) is 15.4. The molecule has 4 rings (SSSR count). The number of para-hydroxylation sites is 2. The van der Waals surface area contributed by atoms with Gasteiger partial charge in [-0.05, 0) is 56.2 Å². The molecule has 0 amide bonds. The standard InChI is InChI=1S/C21H21F3N2O2/c1-20(19(27)28)10-11-25-16(12-20)13-26(18-5-3-2-4-17(18)25)15-8-6-14(7-9-15)21(22,23)24/h2-9,16H,10-13H2,1H3,(H,27,28)/t16-,20-/m1/s1. The van der Waals surface area contributed by atoms with E-state index < -0.39 is 23.1 Å². The quantitative estimate of drug-likeness (QED) is 0.791. The number of halogens is 3. The fourth-order valence-corrected chi connectivity index (χ4v) is 4.28. The van der Waals surface area contributed by atoms with Crippen LogP contribution in [0.5, 0.6) is 0 Å². The molecule has 0 saturated carbocycles. The van der Waals surface area contributed by atoms with E-state index in [4.69, 9.17) is 0 Å². The number of rotatable bonds is 2. The molecule has 2 atom stereocenters. The summed E-state index contributed by atoms with van der Waals surface area (Å²) in [6.45, 7) is 2.95. The summed E-state index contributed by atoms with van der Waals surface area (Å²) in [5.41, 5.74) is 1.12. The van der Waals surface area contributed by atoms with Crippen molar-refractivity contribution in [2.24, 2.45) is 5.41 Å². The molecule has 2 aliphatic heterocycles. The third kappa shape index (κ3) is 3.08. The Kier molecular flexibility index (Phi) is 4.28. The molecule has 0 spiro atoms. The molecule has 28 heavy (non-hydrogen) atoms. The summed E-state index contributed by atoms with van der Waals surface area (Å²) in [6, 6.07) is 12.9. The number of hydrogen-bond donors (Lipinski definition) is 1. The number of aliphatic carboxylic acids is 1. The summed E-state index contributed by atoms with van der Waals surface area (Å²) in [7, 11) is 0. The summed E-state index contributed by atoms with van der Waals surface area (Å²) in [6.07, 6.45) is -3.32. The van der Waals surface area contributed by atoms with Gasteiger partial charge in [-0.15, -0.1) is 0 Å². The zero-order chi connectivity index (χ0) is 20.1. The van der Waals surface area contributed by atoms with Gasteiger partial charge in [0, 0.05) is 24.8 Å². The van der Waals surface area contributed by atoms with Crippen LogP contribution in [0.15, 0.2) is 48.5 Å². The van der Waals surface area contributed by atoms with E-state index in [9.17, 15) is 23.1 Å². The van der Waals surface area contributed by atoms with Crippen molar-refractivity contribution in [3.8, 4) is 0 Å². The van der Waals surface area contributed by atoms with Gasteiger partial charge < -0.3 is 14.9 Å². The SMILES string of the molecule is C[C@@]1(C(=O)O)CCN2c3ccccc3N(c3ccc(C(F)(F)F)cc3)C[C@H]2C1. The van der Waals surface area contributed by atoms with E-state index in [1.165, 1.54) is 12.1 Å². The number of carboxylic acids is 1. The molecule has 4 nitrogen and oxygen atoms in total. The Balaban J connectivity index is 1.71. The van der Waals surface area contributed by atoms with Crippen LogP contribution in [0.2, 0.25) is 0 Å². The van der Waals surface area contributed by atoms with Gasteiger partial charge in [0.1, 0.15) is 0 Å². The van der Waals surface area contributed by atoms with Gasteiger partial charge >= 0.3 is 12.1 Å². The third-order valence-corrected chi connectivity index (χ3v) is 5.93. The lowest BCUT2D eigenvalue weighted by atomic mass is 9.76. The van der Waals surface area contributed by atoms with Crippen LogP contribution in [-0.2, 0) is 11.0 Å². The van der Waals surface area contributed by atoms with Crippen molar-refractivity contribution in [3.05, 3.63) is 54.1 Å². The highest BCUT2D eigenvalue weighted by molar-refractivity contribution is 5.81. The molecule has 2 aliphatic rings. The average molecular weight is 390 g/mol. The van der Waals surface area contributed by atoms with Crippen molar-refractivity contribution in [1.82, 2.24) is 0 Å². The Morgan fingerprint density at radius 3 is 2.36 bits per heavy atom. The first-order chi connectivity index (χ1) is 13.2. The Morgan fingerprint density at radius 2 is 1.75 bits per heavy atom. The predicted molar refractivity (Wildman–Crippen MR) is 101 cm³/mol. The molecule has 0 aliphatic carbocycles. The smallest absolute Gasteiger partial charge is 0.416 e. The highest BCUT2D eigenvalue weighted by atomic mass is 19.4. The zero-order valence-electron chi connectivity index (χ0n) is 15.4. The van der Waals surface area contributed by atoms with Gasteiger partial charge in [0.25, 0.3) is 0 Å². The Hall–Kier alpha value is -2.70. The number of hydrogen-bond acceptors (Lipinski definition) is 3. The van der Waals surface area contributed by atoms with E-state index in [0.29, 0.717) is 31.6 Å². The Labute approximate surface area is 161 Å². The highest BCUT2D eigenvalue weighted by Gasteiger charge is 2.45. The number of carbonyl (C=O) groups is 1. The lowest BCUT2D eigenvalue weighted by molar-refractivity contribution is -0.149. The van der Waals surface area contributed by atoms with Gasteiger partial charge in [-0.25, -0.2) is 0 Å². The van der Waals surface area contributed by atoms with Gasteiger partial charge in [0.05, 0.1) is 22.4 Å². The maximum atomic E-state index is 12.9. The van der Waals surface area contributed by atoms with Crippen LogP contribution in [0.4, 0.5) is 30.2 Å². The van der Waals surface area contributed by atoms with Crippen LogP contribution in [0.1, 0.15) is 25.3 Å². The first-order valence-electron chi connectivity index (χ1n) is 9.23. The molecular formula is C21H21F3N2O2. The number of carboxylic acid groups (broad SMARTS) is 1. The number of alkyl halides is 3. The fraction of sp³-hybridized carbons (Fsp3) is 0.381. The largest absolute Gasteiger partial charge is 0.481 e. The second-order valence-corrected chi connectivity index (χ2v) is 7.81. The lowest BCUT2D eigenvalue weighted by Gasteiger charge is -2.50. The second kappa shape index (κ2) is 6.43. The normalized spacial score (nSPS) is 24.5. The fourth-order valence-electron chi connectivity index (χ4n) is 4.28. The summed E-state index contributed by atoms with van der Waals surface area (Å²) >= 11 is 0. The topological polar surface area (TPSA) is 43.8 Å². The van der Waals surface area contributed by atoms with Crippen molar-refractivity contribution in [2.45, 2.75) is 32.0 Å². The minimum absolute atomic E-state index is 0.0213. The van der Waals surface area contributed by atoms with Crippen LogP contribution in [0.3, 0.4) is 0 Å². The molecule has 1 fully saturated rings. The molecule has 0 unspecified atom stereocenters. The van der Waals surface area contributed by atoms with Crippen LogP contribution in [0, 0.1) is 5.41 Å². The van der Waals surface area contributed by atoms with Crippen LogP contribution in [-0.4, -0.2) is 30.2 Å². The Morgan fingerprint density at radius 1 is 1.11 bits per heavy atom. The van der Waals surface area contributed by atoms with E-state index in [2.05, 4.69) is 4.90 Å². The summed E-state index contributed by atoms with van der Waals surface area (Å²) in [5, 5.41) is 9.63. The average Bonchev–Trinajstić information content (AvgIpc) is 2.66. The van der Waals surface area contributed by atoms with Gasteiger partial charge in [-0.3, -0.25) is 4.79 Å². The molecule has 7 heteroatoms. The molecule has 0 radical (unpaired) electrons. The van der Waals surface area contributed by atoms with E-state index in [0.717, 1.165) is 23.5 Å². The third-order valence-electron chi connectivity index (χ3n) is 5.93. The van der Waals surface area contributed by atoms with Gasteiger partial charge in [0.15, 0.2) is 0 Å². The van der Waals surface area contributed by atoms with Crippen molar-refractivity contribution >= 4 is 23.0 Å². The molecule has 1 saturated heterocycles. The second-order valence-electron chi connectivity index (χ2n) is 7.81. The lowest BCUT2D eigenvalue weighted by Crippen LogP contribution is -2.55. The minimum Gasteiger partial charge on any atom is -0.481 e. The molecule has 148 valence electrons. The van der Waals surface area contributed by atoms with Crippen molar-refractivity contribution in [3.63, 3.8) is 0 Å². The van der Waals surface area contributed by atoms with Crippen molar-refractivity contribution in [1.29, 1.82) is 0 Å².